The number of para-hydroxylation sites is 1. The molecule has 2 aromatic rings. The second kappa shape index (κ2) is 7.61. The first-order valence-corrected chi connectivity index (χ1v) is 7.87. The van der Waals surface area contributed by atoms with Gasteiger partial charge >= 0.3 is 0 Å². The van der Waals surface area contributed by atoms with Crippen LogP contribution in [0.15, 0.2) is 30.3 Å². The van der Waals surface area contributed by atoms with E-state index in [4.69, 9.17) is 11.6 Å². The third-order valence-electron chi connectivity index (χ3n) is 3.58. The summed E-state index contributed by atoms with van der Waals surface area (Å²) in [5.74, 6) is -2.95. The zero-order valence-corrected chi connectivity index (χ0v) is 14.7. The van der Waals surface area contributed by atoms with Crippen LogP contribution in [0.25, 0.3) is 0 Å². The number of aryl methyl sites for hydroxylation is 2. The van der Waals surface area contributed by atoms with Crippen LogP contribution in [0.5, 0.6) is 0 Å². The van der Waals surface area contributed by atoms with E-state index in [-0.39, 0.29) is 0 Å². The number of hydrogen-bond acceptors (Lipinski definition) is 2. The molecule has 2 amide bonds. The van der Waals surface area contributed by atoms with Crippen LogP contribution in [0, 0.1) is 25.5 Å². The fourth-order valence-corrected chi connectivity index (χ4v) is 2.96. The first-order chi connectivity index (χ1) is 11.7. The van der Waals surface area contributed by atoms with E-state index in [9.17, 15) is 18.4 Å². The van der Waals surface area contributed by atoms with Gasteiger partial charge in [-0.25, -0.2) is 8.78 Å². The molecule has 0 aliphatic rings. The van der Waals surface area contributed by atoms with Gasteiger partial charge in [0.15, 0.2) is 0 Å². The van der Waals surface area contributed by atoms with E-state index in [1.165, 1.54) is 17.9 Å². The molecule has 2 aromatic carbocycles. The monoisotopic (exact) mass is 366 g/mol. The van der Waals surface area contributed by atoms with Crippen molar-refractivity contribution in [2.45, 2.75) is 20.8 Å². The van der Waals surface area contributed by atoms with Crippen molar-refractivity contribution < 1.29 is 18.4 Å². The van der Waals surface area contributed by atoms with Crippen molar-refractivity contribution in [1.82, 2.24) is 0 Å². The SMILES string of the molecule is CC(=O)N(CC(=O)Nc1c(F)cccc1F)c1c(C)cc(C)cc1Cl. The van der Waals surface area contributed by atoms with Gasteiger partial charge < -0.3 is 10.2 Å². The lowest BCUT2D eigenvalue weighted by Crippen LogP contribution is -2.37. The van der Waals surface area contributed by atoms with Crippen molar-refractivity contribution in [2.75, 3.05) is 16.8 Å². The number of benzene rings is 2. The van der Waals surface area contributed by atoms with E-state index < -0.39 is 35.7 Å². The number of hydrogen-bond donors (Lipinski definition) is 1. The summed E-state index contributed by atoms with van der Waals surface area (Å²) in [4.78, 5) is 25.4. The second-order valence-corrected chi connectivity index (χ2v) is 6.07. The van der Waals surface area contributed by atoms with Crippen molar-refractivity contribution >= 4 is 34.8 Å². The lowest BCUT2D eigenvalue weighted by molar-refractivity contribution is -0.120. The molecule has 0 aliphatic heterocycles. The number of anilines is 2. The number of rotatable bonds is 4. The molecule has 0 radical (unpaired) electrons. The van der Waals surface area contributed by atoms with Crippen LogP contribution in [-0.2, 0) is 9.59 Å². The molecule has 4 nitrogen and oxygen atoms in total. The Bertz CT molecular complexity index is 797. The van der Waals surface area contributed by atoms with E-state index >= 15 is 0 Å². The van der Waals surface area contributed by atoms with Gasteiger partial charge in [0.05, 0.1) is 10.7 Å². The van der Waals surface area contributed by atoms with Gasteiger partial charge in [-0.15, -0.1) is 0 Å². The van der Waals surface area contributed by atoms with E-state index in [0.717, 1.165) is 17.7 Å². The Morgan fingerprint density at radius 2 is 1.76 bits per heavy atom. The molecule has 0 spiro atoms. The van der Waals surface area contributed by atoms with Crippen LogP contribution in [-0.4, -0.2) is 18.4 Å². The third kappa shape index (κ3) is 4.33. The molecule has 2 rings (SSSR count). The predicted molar refractivity (Wildman–Crippen MR) is 93.9 cm³/mol. The third-order valence-corrected chi connectivity index (χ3v) is 3.87. The second-order valence-electron chi connectivity index (χ2n) is 5.66. The summed E-state index contributed by atoms with van der Waals surface area (Å²) in [6.07, 6.45) is 0. The standard InChI is InChI=1S/C18H17ClF2N2O2/c1-10-7-11(2)18(13(19)8-10)23(12(3)24)9-16(25)22-17-14(20)5-4-6-15(17)21/h4-8H,9H2,1-3H3,(H,22,25). The highest BCUT2D eigenvalue weighted by molar-refractivity contribution is 6.34. The smallest absolute Gasteiger partial charge is 0.244 e. The van der Waals surface area contributed by atoms with Gasteiger partial charge in [0, 0.05) is 6.92 Å². The topological polar surface area (TPSA) is 49.4 Å². The fraction of sp³-hybridized carbons (Fsp3) is 0.222. The molecule has 0 fully saturated rings. The molecule has 0 heterocycles. The largest absolute Gasteiger partial charge is 0.320 e. The molecule has 0 unspecified atom stereocenters. The predicted octanol–water partition coefficient (Wildman–Crippen LogP) is 4.23. The highest BCUT2D eigenvalue weighted by atomic mass is 35.5. The van der Waals surface area contributed by atoms with Gasteiger partial charge in [0.25, 0.3) is 0 Å². The summed E-state index contributed by atoms with van der Waals surface area (Å²) < 4.78 is 27.3. The molecule has 0 atom stereocenters. The highest BCUT2D eigenvalue weighted by Crippen LogP contribution is 2.31. The van der Waals surface area contributed by atoms with E-state index in [1.54, 1.807) is 13.0 Å². The summed E-state index contributed by atoms with van der Waals surface area (Å²) in [6.45, 7) is 4.48. The number of carbonyl (C=O) groups excluding carboxylic acids is 2. The molecule has 0 saturated heterocycles. The molecule has 0 bridgehead atoms. The molecule has 0 saturated carbocycles. The van der Waals surface area contributed by atoms with Crippen LogP contribution in [0.2, 0.25) is 5.02 Å². The quantitative estimate of drug-likeness (QED) is 0.880. The molecular formula is C18H17ClF2N2O2. The fourth-order valence-electron chi connectivity index (χ4n) is 2.54. The first kappa shape index (κ1) is 18.9. The van der Waals surface area contributed by atoms with Gasteiger partial charge in [0.1, 0.15) is 23.9 Å². The van der Waals surface area contributed by atoms with Crippen LogP contribution >= 0.6 is 11.6 Å². The summed E-state index contributed by atoms with van der Waals surface area (Å²) in [7, 11) is 0. The van der Waals surface area contributed by atoms with Crippen LogP contribution in [0.4, 0.5) is 20.2 Å². The Balaban J connectivity index is 2.29. The minimum Gasteiger partial charge on any atom is -0.320 e. The van der Waals surface area contributed by atoms with Crippen molar-refractivity contribution in [3.63, 3.8) is 0 Å². The lowest BCUT2D eigenvalue weighted by Gasteiger charge is -2.24. The van der Waals surface area contributed by atoms with Crippen molar-refractivity contribution in [2.24, 2.45) is 0 Å². The summed E-state index contributed by atoms with van der Waals surface area (Å²) >= 11 is 6.22. The number of nitrogens with one attached hydrogen (secondary N) is 1. The highest BCUT2D eigenvalue weighted by Gasteiger charge is 2.22. The van der Waals surface area contributed by atoms with Gasteiger partial charge in [-0.1, -0.05) is 23.7 Å². The number of halogens is 3. The number of amides is 2. The van der Waals surface area contributed by atoms with E-state index in [1.807, 2.05) is 13.0 Å². The average Bonchev–Trinajstić information content (AvgIpc) is 2.49. The molecule has 1 N–H and O–H groups in total. The summed E-state index contributed by atoms with van der Waals surface area (Å²) in [5, 5.41) is 2.48. The first-order valence-electron chi connectivity index (χ1n) is 7.49. The Morgan fingerprint density at radius 1 is 1.16 bits per heavy atom. The van der Waals surface area contributed by atoms with Crippen molar-refractivity contribution in [3.05, 3.63) is 58.1 Å². The number of nitrogens with zero attached hydrogens (tertiary/aromatic N) is 1. The molecule has 0 aliphatic carbocycles. The Morgan fingerprint density at radius 3 is 2.28 bits per heavy atom. The maximum absolute atomic E-state index is 13.6. The van der Waals surface area contributed by atoms with Gasteiger partial charge in [-0.3, -0.25) is 9.59 Å². The lowest BCUT2D eigenvalue weighted by atomic mass is 10.1. The average molecular weight is 367 g/mol. The summed E-state index contributed by atoms with van der Waals surface area (Å²) in [5.41, 5.74) is 1.46. The summed E-state index contributed by atoms with van der Waals surface area (Å²) in [6, 6.07) is 6.75. The minimum atomic E-state index is -0.896. The Kier molecular flexibility index (Phi) is 5.74. The van der Waals surface area contributed by atoms with Crippen molar-refractivity contribution in [3.8, 4) is 0 Å². The number of carbonyl (C=O) groups is 2. The maximum atomic E-state index is 13.6. The molecule has 132 valence electrons. The van der Waals surface area contributed by atoms with E-state index in [2.05, 4.69) is 5.32 Å². The molecule has 7 heteroatoms. The van der Waals surface area contributed by atoms with Crippen LogP contribution < -0.4 is 10.2 Å². The molecule has 0 aromatic heterocycles. The van der Waals surface area contributed by atoms with E-state index in [0.29, 0.717) is 16.3 Å². The maximum Gasteiger partial charge on any atom is 0.244 e. The molecule has 25 heavy (non-hydrogen) atoms. The normalized spacial score (nSPS) is 10.5. The van der Waals surface area contributed by atoms with Gasteiger partial charge in [-0.2, -0.15) is 0 Å². The zero-order valence-electron chi connectivity index (χ0n) is 14.0. The molecular weight excluding hydrogens is 350 g/mol. The van der Waals surface area contributed by atoms with Crippen LogP contribution in [0.1, 0.15) is 18.1 Å². The Labute approximate surface area is 149 Å². The Hall–Kier alpha value is -2.47. The minimum absolute atomic E-state index is 0.317. The van der Waals surface area contributed by atoms with Crippen molar-refractivity contribution in [1.29, 1.82) is 0 Å². The van der Waals surface area contributed by atoms with Crippen LogP contribution in [0.3, 0.4) is 0 Å². The zero-order chi connectivity index (χ0) is 18.7. The van der Waals surface area contributed by atoms with Gasteiger partial charge in [-0.05, 0) is 43.2 Å². The van der Waals surface area contributed by atoms with Gasteiger partial charge in [0.2, 0.25) is 11.8 Å².